The summed E-state index contributed by atoms with van der Waals surface area (Å²) < 4.78 is 0. The van der Waals surface area contributed by atoms with Crippen LogP contribution >= 0.6 is 12.6 Å². The molecule has 0 aromatic heterocycles. The molecule has 5 unspecified atom stereocenters. The summed E-state index contributed by atoms with van der Waals surface area (Å²) >= 11 is 3.92. The van der Waals surface area contributed by atoms with Crippen molar-refractivity contribution in [3.63, 3.8) is 0 Å². The van der Waals surface area contributed by atoms with E-state index < -0.39 is 72.3 Å². The SMILES string of the molecule is CC(O)C(NC(=O)C(CC(N)=O)NC(=O)C(CS)NC(=O)C(N)CCC(=O)O)C(=O)O. The number of rotatable bonds is 14. The van der Waals surface area contributed by atoms with Crippen LogP contribution in [0.4, 0.5) is 0 Å². The van der Waals surface area contributed by atoms with Crippen LogP contribution in [0, 0.1) is 0 Å². The number of carbonyl (C=O) groups excluding carboxylic acids is 4. The number of nitrogens with two attached hydrogens (primary N) is 2. The van der Waals surface area contributed by atoms with Gasteiger partial charge in [-0.3, -0.25) is 24.0 Å². The molecular formula is C16H27N5O9S. The van der Waals surface area contributed by atoms with E-state index in [2.05, 4.69) is 23.3 Å². The Kier molecular flexibility index (Phi) is 12.1. The van der Waals surface area contributed by atoms with Gasteiger partial charge in [-0.15, -0.1) is 0 Å². The molecule has 0 bridgehead atoms. The van der Waals surface area contributed by atoms with Gasteiger partial charge in [-0.25, -0.2) is 4.79 Å². The third-order valence-corrected chi connectivity index (χ3v) is 4.27. The Balaban J connectivity index is 5.23. The maximum absolute atomic E-state index is 12.4. The van der Waals surface area contributed by atoms with Crippen molar-refractivity contribution in [1.29, 1.82) is 0 Å². The lowest BCUT2D eigenvalue weighted by molar-refractivity contribution is -0.145. The predicted molar refractivity (Wildman–Crippen MR) is 108 cm³/mol. The average Bonchev–Trinajstić information content (AvgIpc) is 2.66. The number of amides is 4. The lowest BCUT2D eigenvalue weighted by Crippen LogP contribution is -2.59. The van der Waals surface area contributed by atoms with Crippen molar-refractivity contribution in [1.82, 2.24) is 16.0 Å². The standard InChI is InChI=1S/C16H27N5O9S/c1-6(22)12(16(29)30)21-14(27)8(4-10(18)23)19-15(28)9(5-31)20-13(26)7(17)2-3-11(24)25/h6-9,12,22,31H,2-5,17H2,1H3,(H2,18,23)(H,19,28)(H,20,26)(H,21,27)(H,24,25)(H,29,30). The molecular weight excluding hydrogens is 438 g/mol. The number of aliphatic hydroxyl groups is 1. The summed E-state index contributed by atoms with van der Waals surface area (Å²) in [5, 5.41) is 33.5. The van der Waals surface area contributed by atoms with Gasteiger partial charge in [-0.1, -0.05) is 0 Å². The van der Waals surface area contributed by atoms with Crippen LogP contribution in [0.25, 0.3) is 0 Å². The van der Waals surface area contributed by atoms with E-state index >= 15 is 0 Å². The van der Waals surface area contributed by atoms with Gasteiger partial charge in [0.25, 0.3) is 0 Å². The molecule has 0 fully saturated rings. The van der Waals surface area contributed by atoms with Crippen molar-refractivity contribution < 1.29 is 44.1 Å². The summed E-state index contributed by atoms with van der Waals surface area (Å²) in [6.45, 7) is 1.11. The number of primary amides is 1. The van der Waals surface area contributed by atoms with Gasteiger partial charge in [0.2, 0.25) is 23.6 Å². The minimum Gasteiger partial charge on any atom is -0.481 e. The number of hydrogen-bond acceptors (Lipinski definition) is 9. The van der Waals surface area contributed by atoms with Gasteiger partial charge in [-0.05, 0) is 13.3 Å². The summed E-state index contributed by atoms with van der Waals surface area (Å²) in [4.78, 5) is 69.7. The molecule has 0 aromatic rings. The van der Waals surface area contributed by atoms with Crippen LogP contribution in [-0.4, -0.2) is 86.9 Å². The zero-order chi connectivity index (χ0) is 24.3. The van der Waals surface area contributed by atoms with Gasteiger partial charge >= 0.3 is 11.9 Å². The Hall–Kier alpha value is -2.91. The number of nitrogens with one attached hydrogen (secondary N) is 3. The number of carbonyl (C=O) groups is 6. The Morgan fingerprint density at radius 2 is 1.45 bits per heavy atom. The number of aliphatic hydroxyl groups excluding tert-OH is 1. The van der Waals surface area contributed by atoms with Crippen LogP contribution in [0.5, 0.6) is 0 Å². The van der Waals surface area contributed by atoms with Crippen molar-refractivity contribution >= 4 is 48.2 Å². The van der Waals surface area contributed by atoms with E-state index in [1.165, 1.54) is 0 Å². The highest BCUT2D eigenvalue weighted by Gasteiger charge is 2.32. The highest BCUT2D eigenvalue weighted by molar-refractivity contribution is 7.80. The summed E-state index contributed by atoms with van der Waals surface area (Å²) in [6, 6.07) is -5.86. The van der Waals surface area contributed by atoms with Crippen molar-refractivity contribution in [2.45, 2.75) is 56.5 Å². The van der Waals surface area contributed by atoms with E-state index in [0.29, 0.717) is 0 Å². The molecule has 0 aliphatic carbocycles. The fourth-order valence-corrected chi connectivity index (χ4v) is 2.47. The van der Waals surface area contributed by atoms with Crippen LogP contribution in [0.1, 0.15) is 26.2 Å². The first kappa shape index (κ1) is 28.1. The van der Waals surface area contributed by atoms with Gasteiger partial charge in [-0.2, -0.15) is 12.6 Å². The molecule has 5 atom stereocenters. The van der Waals surface area contributed by atoms with Gasteiger partial charge in [0.15, 0.2) is 6.04 Å². The molecule has 0 radical (unpaired) electrons. The maximum atomic E-state index is 12.4. The van der Waals surface area contributed by atoms with Crippen molar-refractivity contribution in [2.24, 2.45) is 11.5 Å². The zero-order valence-corrected chi connectivity index (χ0v) is 17.5. The van der Waals surface area contributed by atoms with E-state index in [1.807, 2.05) is 5.32 Å². The highest BCUT2D eigenvalue weighted by atomic mass is 32.1. The second-order valence-electron chi connectivity index (χ2n) is 6.58. The van der Waals surface area contributed by atoms with Gasteiger partial charge < -0.3 is 42.7 Å². The number of thiol groups is 1. The van der Waals surface area contributed by atoms with E-state index in [4.69, 9.17) is 21.7 Å². The molecule has 15 heteroatoms. The van der Waals surface area contributed by atoms with E-state index in [0.717, 1.165) is 6.92 Å². The Morgan fingerprint density at radius 3 is 1.87 bits per heavy atom. The van der Waals surface area contributed by atoms with Crippen molar-refractivity contribution in [3.8, 4) is 0 Å². The minimum absolute atomic E-state index is 0.190. The number of hydrogen-bond donors (Lipinski definition) is 9. The largest absolute Gasteiger partial charge is 0.481 e. The first-order valence-corrected chi connectivity index (χ1v) is 9.61. The fourth-order valence-electron chi connectivity index (χ4n) is 2.21. The monoisotopic (exact) mass is 465 g/mol. The molecule has 176 valence electrons. The molecule has 0 saturated carbocycles. The second-order valence-corrected chi connectivity index (χ2v) is 6.94. The molecule has 14 nitrogen and oxygen atoms in total. The molecule has 31 heavy (non-hydrogen) atoms. The lowest BCUT2D eigenvalue weighted by atomic mass is 10.1. The molecule has 0 aliphatic rings. The number of carboxylic acid groups (broad SMARTS) is 2. The third-order valence-electron chi connectivity index (χ3n) is 3.91. The van der Waals surface area contributed by atoms with E-state index in [9.17, 15) is 33.9 Å². The highest BCUT2D eigenvalue weighted by Crippen LogP contribution is 2.01. The molecule has 0 saturated heterocycles. The van der Waals surface area contributed by atoms with E-state index in [1.54, 1.807) is 0 Å². The van der Waals surface area contributed by atoms with Crippen LogP contribution < -0.4 is 27.4 Å². The normalized spacial score (nSPS) is 15.5. The topological polar surface area (TPSA) is 251 Å². The quantitative estimate of drug-likeness (QED) is 0.112. The molecule has 0 rings (SSSR count). The molecule has 0 aliphatic heterocycles. The van der Waals surface area contributed by atoms with Crippen LogP contribution in [0.3, 0.4) is 0 Å². The second kappa shape index (κ2) is 13.4. The smallest absolute Gasteiger partial charge is 0.328 e. The maximum Gasteiger partial charge on any atom is 0.328 e. The Bertz CT molecular complexity index is 703. The number of aliphatic carboxylic acids is 2. The first-order valence-electron chi connectivity index (χ1n) is 8.98. The van der Waals surface area contributed by atoms with Crippen LogP contribution in [0.2, 0.25) is 0 Å². The molecule has 0 spiro atoms. The van der Waals surface area contributed by atoms with Gasteiger partial charge in [0, 0.05) is 12.2 Å². The summed E-state index contributed by atoms with van der Waals surface area (Å²) in [5.41, 5.74) is 10.6. The summed E-state index contributed by atoms with van der Waals surface area (Å²) in [7, 11) is 0. The lowest BCUT2D eigenvalue weighted by Gasteiger charge is -2.24. The molecule has 10 N–H and O–H groups in total. The fraction of sp³-hybridized carbons (Fsp3) is 0.625. The van der Waals surface area contributed by atoms with Crippen molar-refractivity contribution in [2.75, 3.05) is 5.75 Å². The summed E-state index contributed by atoms with van der Waals surface area (Å²) in [6.07, 6.45) is -2.75. The first-order chi connectivity index (χ1) is 14.3. The third kappa shape index (κ3) is 10.6. The van der Waals surface area contributed by atoms with Crippen molar-refractivity contribution in [3.05, 3.63) is 0 Å². The molecule has 0 heterocycles. The van der Waals surface area contributed by atoms with E-state index in [-0.39, 0.29) is 18.6 Å². The van der Waals surface area contributed by atoms with Crippen LogP contribution in [-0.2, 0) is 28.8 Å². The van der Waals surface area contributed by atoms with Crippen LogP contribution in [0.15, 0.2) is 0 Å². The Morgan fingerprint density at radius 1 is 0.935 bits per heavy atom. The molecule has 4 amide bonds. The van der Waals surface area contributed by atoms with Gasteiger partial charge in [0.1, 0.15) is 12.1 Å². The molecule has 0 aromatic carbocycles. The number of carboxylic acids is 2. The zero-order valence-electron chi connectivity index (χ0n) is 16.6. The van der Waals surface area contributed by atoms with Gasteiger partial charge in [0.05, 0.1) is 18.6 Å². The summed E-state index contributed by atoms with van der Waals surface area (Å²) in [5.74, 6) is -6.87. The average molecular weight is 465 g/mol. The minimum atomic E-state index is -1.72. The Labute approximate surface area is 182 Å². The predicted octanol–water partition coefficient (Wildman–Crippen LogP) is -4.10.